The monoisotopic (exact) mass is 299 g/mol. The summed E-state index contributed by atoms with van der Waals surface area (Å²) in [7, 11) is 0. The SMILES string of the molecule is CC(C)OCc1ccc(C(=O)Nc2cccc(CO)c2)cc1. The number of aliphatic hydroxyl groups excluding tert-OH is 1. The molecule has 2 N–H and O–H groups in total. The molecule has 0 aliphatic carbocycles. The topological polar surface area (TPSA) is 58.6 Å². The van der Waals surface area contributed by atoms with Crippen LogP contribution in [0.1, 0.15) is 35.3 Å². The molecule has 0 fully saturated rings. The lowest BCUT2D eigenvalue weighted by molar-refractivity contribution is 0.0657. The largest absolute Gasteiger partial charge is 0.392 e. The number of hydrogen-bond donors (Lipinski definition) is 2. The number of aliphatic hydroxyl groups is 1. The van der Waals surface area contributed by atoms with Crippen LogP contribution in [0.25, 0.3) is 0 Å². The van der Waals surface area contributed by atoms with Crippen molar-refractivity contribution in [1.29, 1.82) is 0 Å². The third-order valence-corrected chi connectivity index (χ3v) is 3.17. The summed E-state index contributed by atoms with van der Waals surface area (Å²) in [5.74, 6) is -0.175. The van der Waals surface area contributed by atoms with E-state index in [0.29, 0.717) is 17.9 Å². The molecule has 4 heteroatoms. The van der Waals surface area contributed by atoms with Gasteiger partial charge >= 0.3 is 0 Å². The Morgan fingerprint density at radius 1 is 1.14 bits per heavy atom. The second kappa shape index (κ2) is 7.73. The van der Waals surface area contributed by atoms with Gasteiger partial charge in [-0.05, 0) is 49.2 Å². The Labute approximate surface area is 130 Å². The van der Waals surface area contributed by atoms with Crippen molar-refractivity contribution in [3.63, 3.8) is 0 Å². The molecule has 0 aliphatic heterocycles. The summed E-state index contributed by atoms with van der Waals surface area (Å²) in [5.41, 5.74) is 3.05. The first kappa shape index (κ1) is 16.2. The Kier molecular flexibility index (Phi) is 5.69. The summed E-state index contributed by atoms with van der Waals surface area (Å²) in [6.45, 7) is 4.47. The van der Waals surface area contributed by atoms with Gasteiger partial charge < -0.3 is 15.2 Å². The summed E-state index contributed by atoms with van der Waals surface area (Å²) in [5, 5.41) is 11.9. The maximum Gasteiger partial charge on any atom is 0.255 e. The average Bonchev–Trinajstić information content (AvgIpc) is 2.53. The minimum absolute atomic E-state index is 0.0474. The second-order valence-electron chi connectivity index (χ2n) is 5.37. The Bertz CT molecular complexity index is 620. The summed E-state index contributed by atoms with van der Waals surface area (Å²) in [4.78, 5) is 12.2. The molecule has 2 aromatic carbocycles. The van der Waals surface area contributed by atoms with E-state index in [9.17, 15) is 4.79 Å². The van der Waals surface area contributed by atoms with E-state index in [1.54, 1.807) is 36.4 Å². The van der Waals surface area contributed by atoms with E-state index in [1.165, 1.54) is 0 Å². The number of hydrogen-bond acceptors (Lipinski definition) is 3. The highest BCUT2D eigenvalue weighted by Gasteiger charge is 2.06. The van der Waals surface area contributed by atoms with E-state index < -0.39 is 0 Å². The number of nitrogens with one attached hydrogen (secondary N) is 1. The van der Waals surface area contributed by atoms with Gasteiger partial charge in [-0.2, -0.15) is 0 Å². The molecule has 0 aromatic heterocycles. The Morgan fingerprint density at radius 3 is 2.50 bits per heavy atom. The average molecular weight is 299 g/mol. The smallest absolute Gasteiger partial charge is 0.255 e. The molecule has 0 saturated carbocycles. The van der Waals surface area contributed by atoms with Crippen LogP contribution in [-0.4, -0.2) is 17.1 Å². The van der Waals surface area contributed by atoms with Gasteiger partial charge in [0.2, 0.25) is 0 Å². The van der Waals surface area contributed by atoms with Crippen LogP contribution in [0.2, 0.25) is 0 Å². The maximum absolute atomic E-state index is 12.2. The predicted octanol–water partition coefficient (Wildman–Crippen LogP) is 3.36. The minimum atomic E-state index is -0.175. The minimum Gasteiger partial charge on any atom is -0.392 e. The van der Waals surface area contributed by atoms with Gasteiger partial charge in [0.05, 0.1) is 19.3 Å². The van der Waals surface area contributed by atoms with Crippen molar-refractivity contribution in [3.05, 3.63) is 65.2 Å². The molecule has 0 bridgehead atoms. The first-order chi connectivity index (χ1) is 10.6. The molecule has 0 spiro atoms. The summed E-state index contributed by atoms with van der Waals surface area (Å²) in [6, 6.07) is 14.5. The number of amides is 1. The van der Waals surface area contributed by atoms with Crippen molar-refractivity contribution in [3.8, 4) is 0 Å². The number of carbonyl (C=O) groups excluding carboxylic acids is 1. The van der Waals surface area contributed by atoms with Gasteiger partial charge in [-0.3, -0.25) is 4.79 Å². The van der Waals surface area contributed by atoms with Gasteiger partial charge in [-0.15, -0.1) is 0 Å². The number of rotatable bonds is 6. The zero-order valence-electron chi connectivity index (χ0n) is 12.9. The van der Waals surface area contributed by atoms with Crippen LogP contribution >= 0.6 is 0 Å². The molecule has 0 radical (unpaired) electrons. The molecule has 0 aliphatic rings. The molecule has 0 unspecified atom stereocenters. The van der Waals surface area contributed by atoms with E-state index in [-0.39, 0.29) is 18.6 Å². The van der Waals surface area contributed by atoms with Crippen molar-refractivity contribution >= 4 is 11.6 Å². The molecule has 4 nitrogen and oxygen atoms in total. The zero-order valence-corrected chi connectivity index (χ0v) is 12.9. The summed E-state index contributed by atoms with van der Waals surface area (Å²) < 4.78 is 5.53. The van der Waals surface area contributed by atoms with Crippen molar-refractivity contribution in [1.82, 2.24) is 0 Å². The van der Waals surface area contributed by atoms with Crippen LogP contribution in [0.4, 0.5) is 5.69 Å². The molecule has 0 atom stereocenters. The van der Waals surface area contributed by atoms with Crippen LogP contribution < -0.4 is 5.32 Å². The van der Waals surface area contributed by atoms with Gasteiger partial charge in [0, 0.05) is 11.3 Å². The Morgan fingerprint density at radius 2 is 1.86 bits per heavy atom. The fourth-order valence-corrected chi connectivity index (χ4v) is 1.97. The lowest BCUT2D eigenvalue weighted by Crippen LogP contribution is -2.12. The summed E-state index contributed by atoms with van der Waals surface area (Å²) >= 11 is 0. The van der Waals surface area contributed by atoms with Gasteiger partial charge in [0.1, 0.15) is 0 Å². The normalized spacial score (nSPS) is 10.7. The van der Waals surface area contributed by atoms with Crippen LogP contribution in [0.15, 0.2) is 48.5 Å². The van der Waals surface area contributed by atoms with Gasteiger partial charge in [0.15, 0.2) is 0 Å². The molecule has 1 amide bonds. The molecular formula is C18H21NO3. The zero-order chi connectivity index (χ0) is 15.9. The number of benzene rings is 2. The third kappa shape index (κ3) is 4.69. The van der Waals surface area contributed by atoms with Crippen LogP contribution in [0, 0.1) is 0 Å². The van der Waals surface area contributed by atoms with E-state index in [2.05, 4.69) is 5.32 Å². The van der Waals surface area contributed by atoms with E-state index in [0.717, 1.165) is 11.1 Å². The lowest BCUT2D eigenvalue weighted by Gasteiger charge is -2.09. The van der Waals surface area contributed by atoms with Crippen LogP contribution in [0.5, 0.6) is 0 Å². The molecule has 0 heterocycles. The number of anilines is 1. The fourth-order valence-electron chi connectivity index (χ4n) is 1.97. The van der Waals surface area contributed by atoms with E-state index in [1.807, 2.05) is 26.0 Å². The van der Waals surface area contributed by atoms with Crippen molar-refractivity contribution in [2.75, 3.05) is 5.32 Å². The molecule has 116 valence electrons. The highest BCUT2D eigenvalue weighted by molar-refractivity contribution is 6.04. The first-order valence-electron chi connectivity index (χ1n) is 7.30. The third-order valence-electron chi connectivity index (χ3n) is 3.17. The van der Waals surface area contributed by atoms with Gasteiger partial charge in [-0.1, -0.05) is 24.3 Å². The Balaban J connectivity index is 2.00. The molecule has 0 saturated heterocycles. The highest BCUT2D eigenvalue weighted by Crippen LogP contribution is 2.13. The molecular weight excluding hydrogens is 278 g/mol. The van der Waals surface area contributed by atoms with Gasteiger partial charge in [-0.25, -0.2) is 0 Å². The second-order valence-corrected chi connectivity index (χ2v) is 5.37. The summed E-state index contributed by atoms with van der Waals surface area (Å²) in [6.07, 6.45) is 0.182. The lowest BCUT2D eigenvalue weighted by atomic mass is 10.1. The maximum atomic E-state index is 12.2. The first-order valence-corrected chi connectivity index (χ1v) is 7.30. The van der Waals surface area contributed by atoms with Crippen molar-refractivity contribution < 1.29 is 14.6 Å². The number of ether oxygens (including phenoxy) is 1. The van der Waals surface area contributed by atoms with E-state index in [4.69, 9.17) is 9.84 Å². The van der Waals surface area contributed by atoms with Crippen molar-refractivity contribution in [2.45, 2.75) is 33.2 Å². The molecule has 2 aromatic rings. The Hall–Kier alpha value is -2.17. The number of carbonyl (C=O) groups is 1. The van der Waals surface area contributed by atoms with Gasteiger partial charge in [0.25, 0.3) is 5.91 Å². The highest BCUT2D eigenvalue weighted by atomic mass is 16.5. The van der Waals surface area contributed by atoms with Crippen molar-refractivity contribution in [2.24, 2.45) is 0 Å². The molecule has 22 heavy (non-hydrogen) atoms. The van der Waals surface area contributed by atoms with Crippen LogP contribution in [0.3, 0.4) is 0 Å². The van der Waals surface area contributed by atoms with E-state index >= 15 is 0 Å². The fraction of sp³-hybridized carbons (Fsp3) is 0.278. The van der Waals surface area contributed by atoms with Crippen LogP contribution in [-0.2, 0) is 18.0 Å². The predicted molar refractivity (Wildman–Crippen MR) is 86.7 cm³/mol. The molecule has 2 rings (SSSR count). The standard InChI is InChI=1S/C18H21NO3/c1-13(2)22-12-14-6-8-16(9-7-14)18(21)19-17-5-3-4-15(10-17)11-20/h3-10,13,20H,11-12H2,1-2H3,(H,19,21). The quantitative estimate of drug-likeness (QED) is 0.860.